The van der Waals surface area contributed by atoms with E-state index >= 15 is 0 Å². The van der Waals surface area contributed by atoms with Crippen LogP contribution in [-0.4, -0.2) is 96.7 Å². The van der Waals surface area contributed by atoms with Gasteiger partial charge < -0.3 is 33.8 Å². The number of esters is 4. The van der Waals surface area contributed by atoms with Crippen molar-refractivity contribution in [2.75, 3.05) is 39.6 Å². The maximum Gasteiger partial charge on any atom is 0.472 e. The van der Waals surface area contributed by atoms with Gasteiger partial charge in [0.25, 0.3) is 0 Å². The molecule has 0 saturated carbocycles. The predicted molar refractivity (Wildman–Crippen MR) is 404 cm³/mol. The van der Waals surface area contributed by atoms with Crippen molar-refractivity contribution in [1.82, 2.24) is 0 Å². The summed E-state index contributed by atoms with van der Waals surface area (Å²) in [6, 6.07) is 0. The average Bonchev–Trinajstić information content (AvgIpc) is 1.08. The maximum absolute atomic E-state index is 13.1. The number of hydrogen-bond donors (Lipinski definition) is 3. The van der Waals surface area contributed by atoms with E-state index in [0.29, 0.717) is 25.7 Å². The first-order valence-electron chi connectivity index (χ1n) is 40.7. The Kier molecular flexibility index (Phi) is 68.1. The second-order valence-corrected chi connectivity index (χ2v) is 32.0. The molecular weight excluding hydrogens is 1290 g/mol. The second kappa shape index (κ2) is 69.9. The molecule has 4 unspecified atom stereocenters. The van der Waals surface area contributed by atoms with Crippen LogP contribution in [0.2, 0.25) is 0 Å². The Bertz CT molecular complexity index is 2020. The van der Waals surface area contributed by atoms with E-state index in [-0.39, 0.29) is 25.7 Å². The third-order valence-corrected chi connectivity index (χ3v) is 20.6. The molecule has 0 saturated heterocycles. The zero-order chi connectivity index (χ0) is 73.0. The van der Waals surface area contributed by atoms with E-state index in [9.17, 15) is 43.2 Å². The van der Waals surface area contributed by atoms with Gasteiger partial charge in [-0.25, -0.2) is 9.13 Å². The number of allylic oxidation sites excluding steroid dienone is 4. The molecule has 99 heavy (non-hydrogen) atoms. The van der Waals surface area contributed by atoms with Crippen LogP contribution in [0.4, 0.5) is 0 Å². The van der Waals surface area contributed by atoms with Gasteiger partial charge >= 0.3 is 39.5 Å². The lowest BCUT2D eigenvalue weighted by Gasteiger charge is -2.21. The molecule has 0 spiro atoms. The molecule has 17 nitrogen and oxygen atoms in total. The first kappa shape index (κ1) is 96.5. The summed E-state index contributed by atoms with van der Waals surface area (Å²) in [5.41, 5.74) is 0. The molecule has 0 aliphatic rings. The number of aliphatic hydroxyl groups is 1. The van der Waals surface area contributed by atoms with Gasteiger partial charge in [0.05, 0.1) is 26.4 Å². The van der Waals surface area contributed by atoms with Crippen LogP contribution in [0.1, 0.15) is 389 Å². The molecule has 0 aromatic heterocycles. The fourth-order valence-electron chi connectivity index (χ4n) is 11.7. The third kappa shape index (κ3) is 71.0. The Morgan fingerprint density at radius 1 is 0.333 bits per heavy atom. The summed E-state index contributed by atoms with van der Waals surface area (Å²) in [6.07, 6.45) is 60.4. The summed E-state index contributed by atoms with van der Waals surface area (Å²) in [7, 11) is -9.93. The van der Waals surface area contributed by atoms with Crippen molar-refractivity contribution < 1.29 is 80.2 Å². The van der Waals surface area contributed by atoms with Gasteiger partial charge in [0.2, 0.25) is 0 Å². The SMILES string of the molecule is CCCCCC/C=C\C=C/CCCCCCCC(=O)OC[C@H](COP(=O)(O)OC[C@@H](O)COP(=O)(O)OC[C@@H](COC(=O)CCCCCCCCC(C)CC)OC(=O)CCCCCCCCCCCCCCCC(C)C)OC(=O)CCCCCCCCCCCCCCCCC(C)CC. The van der Waals surface area contributed by atoms with Crippen LogP contribution in [0.5, 0.6) is 0 Å². The lowest BCUT2D eigenvalue weighted by atomic mass is 9.99. The first-order chi connectivity index (χ1) is 47.8. The first-order valence-corrected chi connectivity index (χ1v) is 43.7. The van der Waals surface area contributed by atoms with Crippen LogP contribution in [0, 0.1) is 17.8 Å². The van der Waals surface area contributed by atoms with Crippen LogP contribution < -0.4 is 0 Å². The van der Waals surface area contributed by atoms with Crippen LogP contribution in [0.15, 0.2) is 24.3 Å². The quantitative estimate of drug-likeness (QED) is 0.0169. The van der Waals surface area contributed by atoms with Crippen molar-refractivity contribution in [3.8, 4) is 0 Å². The smallest absolute Gasteiger partial charge is 0.462 e. The number of carbonyl (C=O) groups excluding carboxylic acids is 4. The highest BCUT2D eigenvalue weighted by molar-refractivity contribution is 7.47. The van der Waals surface area contributed by atoms with Gasteiger partial charge in [-0.2, -0.15) is 0 Å². The Labute approximate surface area is 605 Å². The molecule has 0 fully saturated rings. The van der Waals surface area contributed by atoms with E-state index in [0.717, 1.165) is 133 Å². The number of carbonyl (C=O) groups is 4. The Balaban J connectivity index is 5.29. The standard InChI is InChI=1S/C80H152O17P2/c1-8-11-12-13-14-15-16-17-18-24-29-34-39-47-54-61-77(82)90-67-75(96-79(84)63-56-49-40-35-30-25-20-19-23-28-33-38-45-52-59-72(6)9-2)69-94-98(86,87)92-65-74(81)66-93-99(88,89)95-70-76(68-91-78(83)62-55-48-43-42-46-53-60-73(7)10-3)97-80(85)64-57-50-41-36-31-26-21-22-27-32-37-44-51-58-71(4)5/h15-18,71-76,81H,8-14,19-70H2,1-7H3,(H,86,87)(H,88,89)/b16-15-,18-17-/t72?,73?,74-,75-,76-/m1/s1. The van der Waals surface area contributed by atoms with Crippen molar-refractivity contribution in [1.29, 1.82) is 0 Å². The van der Waals surface area contributed by atoms with Crippen molar-refractivity contribution >= 4 is 39.5 Å². The number of aliphatic hydroxyl groups excluding tert-OH is 1. The molecule has 0 aliphatic heterocycles. The molecule has 0 aliphatic carbocycles. The molecular formula is C80H152O17P2. The number of phosphoric acid groups is 2. The summed E-state index contributed by atoms with van der Waals surface area (Å²) < 4.78 is 68.6. The van der Waals surface area contributed by atoms with Gasteiger partial charge in [-0.05, 0) is 69.1 Å². The minimum absolute atomic E-state index is 0.100. The fourth-order valence-corrected chi connectivity index (χ4v) is 13.3. The van der Waals surface area contributed by atoms with Crippen LogP contribution >= 0.6 is 15.6 Å². The van der Waals surface area contributed by atoms with Gasteiger partial charge in [0, 0.05) is 25.7 Å². The summed E-state index contributed by atoms with van der Waals surface area (Å²) in [5.74, 6) is 0.214. The van der Waals surface area contributed by atoms with Crippen molar-refractivity contribution in [2.45, 2.75) is 407 Å². The van der Waals surface area contributed by atoms with E-state index in [4.69, 9.17) is 37.0 Å². The minimum atomic E-state index is -4.97. The molecule has 0 radical (unpaired) electrons. The Hall–Kier alpha value is -2.46. The van der Waals surface area contributed by atoms with Crippen molar-refractivity contribution in [3.63, 3.8) is 0 Å². The summed E-state index contributed by atoms with van der Waals surface area (Å²) in [4.78, 5) is 73.0. The average molecular weight is 1450 g/mol. The molecule has 584 valence electrons. The summed E-state index contributed by atoms with van der Waals surface area (Å²) >= 11 is 0. The normalized spacial score (nSPS) is 14.7. The van der Waals surface area contributed by atoms with E-state index < -0.39 is 97.5 Å². The summed E-state index contributed by atoms with van der Waals surface area (Å²) in [5, 5.41) is 10.6. The Morgan fingerprint density at radius 3 is 0.899 bits per heavy atom. The zero-order valence-corrected chi connectivity index (χ0v) is 66.2. The van der Waals surface area contributed by atoms with Crippen LogP contribution in [0.3, 0.4) is 0 Å². The molecule has 0 amide bonds. The molecule has 3 N–H and O–H groups in total. The topological polar surface area (TPSA) is 237 Å². The number of phosphoric ester groups is 2. The largest absolute Gasteiger partial charge is 0.472 e. The van der Waals surface area contributed by atoms with Gasteiger partial charge in [-0.3, -0.25) is 37.3 Å². The van der Waals surface area contributed by atoms with Crippen LogP contribution in [0.25, 0.3) is 0 Å². The molecule has 0 bridgehead atoms. The number of hydrogen-bond acceptors (Lipinski definition) is 15. The highest BCUT2D eigenvalue weighted by Crippen LogP contribution is 2.45. The maximum atomic E-state index is 13.1. The number of unbranched alkanes of at least 4 members (excludes halogenated alkanes) is 39. The molecule has 0 heterocycles. The van der Waals surface area contributed by atoms with Gasteiger partial charge in [-0.1, -0.05) is 336 Å². The monoisotopic (exact) mass is 1450 g/mol. The predicted octanol–water partition coefficient (Wildman–Crippen LogP) is 23.3. The van der Waals surface area contributed by atoms with E-state index in [1.54, 1.807) is 0 Å². The molecule has 0 rings (SSSR count). The molecule has 7 atom stereocenters. The molecule has 0 aromatic rings. The number of ether oxygens (including phenoxy) is 4. The lowest BCUT2D eigenvalue weighted by Crippen LogP contribution is -2.30. The molecule has 19 heteroatoms. The lowest BCUT2D eigenvalue weighted by molar-refractivity contribution is -0.161. The highest BCUT2D eigenvalue weighted by Gasteiger charge is 2.30. The van der Waals surface area contributed by atoms with Gasteiger partial charge in [0.1, 0.15) is 19.3 Å². The Morgan fingerprint density at radius 2 is 0.596 bits per heavy atom. The van der Waals surface area contributed by atoms with Crippen LogP contribution in [-0.2, 0) is 65.4 Å². The van der Waals surface area contributed by atoms with Crippen molar-refractivity contribution in [3.05, 3.63) is 24.3 Å². The van der Waals surface area contributed by atoms with E-state index in [1.807, 2.05) is 0 Å². The van der Waals surface area contributed by atoms with E-state index in [1.165, 1.54) is 173 Å². The third-order valence-electron chi connectivity index (χ3n) is 18.7. The highest BCUT2D eigenvalue weighted by atomic mass is 31.2. The van der Waals surface area contributed by atoms with E-state index in [2.05, 4.69) is 72.8 Å². The summed E-state index contributed by atoms with van der Waals surface area (Å²) in [6.45, 7) is 11.9. The van der Waals surface area contributed by atoms with Crippen molar-refractivity contribution in [2.24, 2.45) is 17.8 Å². The number of rotatable bonds is 76. The minimum Gasteiger partial charge on any atom is -0.462 e. The zero-order valence-electron chi connectivity index (χ0n) is 64.4. The second-order valence-electron chi connectivity index (χ2n) is 29.1. The molecule has 0 aromatic carbocycles. The van der Waals surface area contributed by atoms with Gasteiger partial charge in [0.15, 0.2) is 12.2 Å². The van der Waals surface area contributed by atoms with Gasteiger partial charge in [-0.15, -0.1) is 0 Å². The fraction of sp³-hybridized carbons (Fsp3) is 0.900.